The number of nitrogens with zero attached hydrogens (tertiary/aromatic N) is 5. The minimum absolute atomic E-state index is 0.137. The van der Waals surface area contributed by atoms with Crippen LogP contribution in [0.5, 0.6) is 5.88 Å². The van der Waals surface area contributed by atoms with Crippen LogP contribution in [-0.4, -0.2) is 70.3 Å². The maximum Gasteiger partial charge on any atom is 0.249 e. The highest BCUT2D eigenvalue weighted by molar-refractivity contribution is 5.90. The van der Waals surface area contributed by atoms with Crippen LogP contribution in [0, 0.1) is 0 Å². The number of fused-ring (bicyclic) bond motifs is 1. The second-order valence-corrected chi connectivity index (χ2v) is 6.15. The average molecular weight is 368 g/mol. The van der Waals surface area contributed by atoms with Gasteiger partial charge in [-0.3, -0.25) is 15.0 Å². The molecule has 9 heteroatoms. The van der Waals surface area contributed by atoms with Crippen LogP contribution in [0.4, 0.5) is 5.95 Å². The van der Waals surface area contributed by atoms with Gasteiger partial charge in [0.05, 0.1) is 26.9 Å². The summed E-state index contributed by atoms with van der Waals surface area (Å²) in [5.74, 6) is 0.682. The highest BCUT2D eigenvalue weighted by Crippen LogP contribution is 2.27. The van der Waals surface area contributed by atoms with E-state index in [1.807, 2.05) is 35.4 Å². The normalized spacial score (nSPS) is 15.0. The van der Waals surface area contributed by atoms with E-state index >= 15 is 0 Å². The Morgan fingerprint density at radius 2 is 2.15 bits per heavy atom. The summed E-state index contributed by atoms with van der Waals surface area (Å²) < 4.78 is 12.2. The van der Waals surface area contributed by atoms with Crippen LogP contribution < -0.4 is 10.1 Å². The number of morpholine rings is 1. The Morgan fingerprint density at radius 3 is 2.96 bits per heavy atom. The Kier molecular flexibility index (Phi) is 4.95. The van der Waals surface area contributed by atoms with Crippen molar-refractivity contribution >= 4 is 17.5 Å². The third kappa shape index (κ3) is 3.88. The fourth-order valence-corrected chi connectivity index (χ4v) is 3.00. The lowest BCUT2D eigenvalue weighted by Crippen LogP contribution is -2.41. The van der Waals surface area contributed by atoms with Crippen LogP contribution in [0.2, 0.25) is 0 Å². The molecule has 0 unspecified atom stereocenters. The van der Waals surface area contributed by atoms with E-state index < -0.39 is 0 Å². The minimum atomic E-state index is -0.137. The molecule has 0 aliphatic carbocycles. The average Bonchev–Trinajstić information content (AvgIpc) is 3.09. The zero-order valence-electron chi connectivity index (χ0n) is 15.0. The van der Waals surface area contributed by atoms with Gasteiger partial charge < -0.3 is 9.47 Å². The van der Waals surface area contributed by atoms with Crippen LogP contribution in [0.1, 0.15) is 0 Å². The largest absolute Gasteiger partial charge is 0.481 e. The SMILES string of the molecule is COc1ncccc1-c1ccc2nc(NC(=O)CN3CCOCC3)nn2c1. The van der Waals surface area contributed by atoms with Gasteiger partial charge in [-0.05, 0) is 24.3 Å². The van der Waals surface area contributed by atoms with Crippen molar-refractivity contribution < 1.29 is 14.3 Å². The zero-order chi connectivity index (χ0) is 18.6. The molecule has 27 heavy (non-hydrogen) atoms. The number of pyridine rings is 2. The molecular weight excluding hydrogens is 348 g/mol. The number of methoxy groups -OCH3 is 1. The first-order valence-corrected chi connectivity index (χ1v) is 8.69. The molecule has 1 aliphatic rings. The molecule has 9 nitrogen and oxygen atoms in total. The summed E-state index contributed by atoms with van der Waals surface area (Å²) in [6.45, 7) is 3.11. The molecule has 1 amide bonds. The number of hydrogen-bond acceptors (Lipinski definition) is 7. The van der Waals surface area contributed by atoms with Crippen molar-refractivity contribution in [3.8, 4) is 17.0 Å². The maximum absolute atomic E-state index is 12.2. The van der Waals surface area contributed by atoms with Crippen molar-refractivity contribution in [2.24, 2.45) is 0 Å². The van der Waals surface area contributed by atoms with Gasteiger partial charge >= 0.3 is 0 Å². The number of carbonyl (C=O) groups excluding carboxylic acids is 1. The first-order chi connectivity index (χ1) is 13.2. The van der Waals surface area contributed by atoms with Gasteiger partial charge in [-0.2, -0.15) is 4.98 Å². The number of ether oxygens (including phenoxy) is 2. The van der Waals surface area contributed by atoms with Crippen molar-refractivity contribution in [1.29, 1.82) is 0 Å². The van der Waals surface area contributed by atoms with Gasteiger partial charge in [0, 0.05) is 36.6 Å². The van der Waals surface area contributed by atoms with Gasteiger partial charge in [-0.1, -0.05) is 0 Å². The van der Waals surface area contributed by atoms with Gasteiger partial charge in [0.25, 0.3) is 0 Å². The molecule has 0 saturated carbocycles. The molecule has 0 atom stereocenters. The number of nitrogens with one attached hydrogen (secondary N) is 1. The quantitative estimate of drug-likeness (QED) is 0.720. The van der Waals surface area contributed by atoms with Gasteiger partial charge in [0.15, 0.2) is 5.65 Å². The molecule has 0 radical (unpaired) electrons. The molecule has 1 fully saturated rings. The number of anilines is 1. The highest BCUT2D eigenvalue weighted by Gasteiger charge is 2.16. The summed E-state index contributed by atoms with van der Waals surface area (Å²) in [6, 6.07) is 7.53. The zero-order valence-corrected chi connectivity index (χ0v) is 15.0. The fraction of sp³-hybridized carbons (Fsp3) is 0.333. The molecule has 3 aromatic heterocycles. The molecule has 140 valence electrons. The molecule has 3 aromatic rings. The number of amides is 1. The molecule has 1 N–H and O–H groups in total. The van der Waals surface area contributed by atoms with E-state index in [0.29, 0.717) is 31.3 Å². The lowest BCUT2D eigenvalue weighted by molar-refractivity contribution is -0.118. The minimum Gasteiger partial charge on any atom is -0.481 e. The topological polar surface area (TPSA) is 93.9 Å². The molecule has 0 aromatic carbocycles. The summed E-state index contributed by atoms with van der Waals surface area (Å²) in [5.41, 5.74) is 2.39. The molecule has 1 aliphatic heterocycles. The summed E-state index contributed by atoms with van der Waals surface area (Å²) >= 11 is 0. The molecule has 1 saturated heterocycles. The van der Waals surface area contributed by atoms with Crippen LogP contribution >= 0.6 is 0 Å². The molecule has 0 spiro atoms. The molecule has 0 bridgehead atoms. The van der Waals surface area contributed by atoms with Crippen LogP contribution in [-0.2, 0) is 9.53 Å². The van der Waals surface area contributed by atoms with Gasteiger partial charge in [0.2, 0.25) is 17.7 Å². The van der Waals surface area contributed by atoms with E-state index in [1.165, 1.54) is 0 Å². The summed E-state index contributed by atoms with van der Waals surface area (Å²) in [6.07, 6.45) is 3.51. The van der Waals surface area contributed by atoms with E-state index in [1.54, 1.807) is 17.8 Å². The Labute approximate surface area is 155 Å². The smallest absolute Gasteiger partial charge is 0.249 e. The second kappa shape index (κ2) is 7.68. The van der Waals surface area contributed by atoms with Gasteiger partial charge in [-0.25, -0.2) is 9.50 Å². The van der Waals surface area contributed by atoms with E-state index in [0.717, 1.165) is 24.2 Å². The van der Waals surface area contributed by atoms with E-state index in [-0.39, 0.29) is 11.9 Å². The van der Waals surface area contributed by atoms with E-state index in [9.17, 15) is 4.79 Å². The Balaban J connectivity index is 1.51. The monoisotopic (exact) mass is 368 g/mol. The number of carbonyl (C=O) groups is 1. The van der Waals surface area contributed by atoms with Crippen LogP contribution in [0.3, 0.4) is 0 Å². The lowest BCUT2D eigenvalue weighted by atomic mass is 10.1. The molecule has 4 heterocycles. The van der Waals surface area contributed by atoms with E-state index in [2.05, 4.69) is 20.4 Å². The van der Waals surface area contributed by atoms with Crippen LogP contribution in [0.15, 0.2) is 36.7 Å². The van der Waals surface area contributed by atoms with Crippen LogP contribution in [0.25, 0.3) is 16.8 Å². The predicted molar refractivity (Wildman–Crippen MR) is 98.7 cm³/mol. The predicted octanol–water partition coefficient (Wildman–Crippen LogP) is 1.07. The number of rotatable bonds is 5. The van der Waals surface area contributed by atoms with Crippen molar-refractivity contribution in [2.45, 2.75) is 0 Å². The summed E-state index contributed by atoms with van der Waals surface area (Å²) in [5, 5.41) is 7.12. The van der Waals surface area contributed by atoms with Gasteiger partial charge in [-0.15, -0.1) is 5.10 Å². The standard InChI is InChI=1S/C18H20N6O3/c1-26-17-14(3-2-6-19-17)13-4-5-15-20-18(22-24(15)11-13)21-16(25)12-23-7-9-27-10-8-23/h2-6,11H,7-10,12H2,1H3,(H,21,22,25). The van der Waals surface area contributed by atoms with Crippen molar-refractivity contribution in [3.05, 3.63) is 36.7 Å². The van der Waals surface area contributed by atoms with Crippen molar-refractivity contribution in [1.82, 2.24) is 24.5 Å². The number of aromatic nitrogens is 4. The number of hydrogen-bond donors (Lipinski definition) is 1. The third-order valence-corrected chi connectivity index (χ3v) is 4.33. The van der Waals surface area contributed by atoms with Crippen molar-refractivity contribution in [3.63, 3.8) is 0 Å². The molecular formula is C18H20N6O3. The third-order valence-electron chi connectivity index (χ3n) is 4.33. The molecule has 4 rings (SSSR count). The second-order valence-electron chi connectivity index (χ2n) is 6.15. The Bertz CT molecular complexity index is 951. The summed E-state index contributed by atoms with van der Waals surface area (Å²) in [7, 11) is 1.59. The van der Waals surface area contributed by atoms with Crippen molar-refractivity contribution in [2.75, 3.05) is 45.3 Å². The van der Waals surface area contributed by atoms with Gasteiger partial charge in [0.1, 0.15) is 0 Å². The Morgan fingerprint density at radius 1 is 1.30 bits per heavy atom. The maximum atomic E-state index is 12.2. The first-order valence-electron chi connectivity index (χ1n) is 8.69. The first kappa shape index (κ1) is 17.4. The van der Waals surface area contributed by atoms with E-state index in [4.69, 9.17) is 9.47 Å². The fourth-order valence-electron chi connectivity index (χ4n) is 3.00. The summed E-state index contributed by atoms with van der Waals surface area (Å²) in [4.78, 5) is 22.8. The highest BCUT2D eigenvalue weighted by atomic mass is 16.5. The Hall–Kier alpha value is -3.04. The lowest BCUT2D eigenvalue weighted by Gasteiger charge is -2.25.